The molecule has 0 unspecified atom stereocenters. The predicted octanol–water partition coefficient (Wildman–Crippen LogP) is 3.83. The summed E-state index contributed by atoms with van der Waals surface area (Å²) in [5.74, 6) is 0.0788. The van der Waals surface area contributed by atoms with Crippen LogP contribution in [0.3, 0.4) is 0 Å². The van der Waals surface area contributed by atoms with Crippen LogP contribution < -0.4 is 10.1 Å². The lowest BCUT2D eigenvalue weighted by molar-refractivity contribution is -0.385. The van der Waals surface area contributed by atoms with Gasteiger partial charge in [0.2, 0.25) is 0 Å². The average Bonchev–Trinajstić information content (AvgIpc) is 2.36. The Bertz CT molecular complexity index is 519. The molecule has 0 aliphatic heterocycles. The quantitative estimate of drug-likeness (QED) is 0.471. The van der Waals surface area contributed by atoms with Gasteiger partial charge in [0.1, 0.15) is 6.61 Å². The zero-order chi connectivity index (χ0) is 15.3. The smallest absolute Gasteiger partial charge is 0.312 e. The predicted molar refractivity (Wildman–Crippen MR) is 80.9 cm³/mol. The number of benzene rings is 1. The van der Waals surface area contributed by atoms with Crippen LogP contribution in [0.5, 0.6) is 5.75 Å². The third-order valence-corrected chi connectivity index (χ3v) is 3.11. The highest BCUT2D eigenvalue weighted by Gasteiger charge is 2.18. The van der Waals surface area contributed by atoms with Crippen molar-refractivity contribution in [1.29, 1.82) is 0 Å². The molecule has 7 heteroatoms. The third kappa shape index (κ3) is 5.00. The maximum absolute atomic E-state index is 10.9. The van der Waals surface area contributed by atoms with Gasteiger partial charge in [0.05, 0.1) is 15.0 Å². The highest BCUT2D eigenvalue weighted by atomic mass is 35.5. The molecule has 1 aromatic carbocycles. The summed E-state index contributed by atoms with van der Waals surface area (Å²) in [6, 6.07) is 2.84. The van der Waals surface area contributed by atoms with Gasteiger partial charge in [-0.05, 0) is 5.57 Å². The maximum Gasteiger partial charge on any atom is 0.312 e. The molecule has 1 aromatic rings. The van der Waals surface area contributed by atoms with Crippen molar-refractivity contribution >= 4 is 28.9 Å². The van der Waals surface area contributed by atoms with Gasteiger partial charge in [0.25, 0.3) is 0 Å². The van der Waals surface area contributed by atoms with Crippen molar-refractivity contribution in [2.24, 2.45) is 0 Å². The van der Waals surface area contributed by atoms with Gasteiger partial charge in [-0.15, -0.1) is 0 Å². The Balaban J connectivity index is 2.74. The number of nitro groups is 1. The third-order valence-electron chi connectivity index (χ3n) is 2.39. The second kappa shape index (κ2) is 7.47. The van der Waals surface area contributed by atoms with E-state index in [1.54, 1.807) is 0 Å². The lowest BCUT2D eigenvalue weighted by Gasteiger charge is -2.12. The van der Waals surface area contributed by atoms with E-state index >= 15 is 0 Å². The minimum Gasteiger partial charge on any atom is -0.482 e. The van der Waals surface area contributed by atoms with E-state index in [0.29, 0.717) is 12.6 Å². The number of hydrogen-bond donors (Lipinski definition) is 1. The first kappa shape index (κ1) is 16.8. The molecule has 5 nitrogen and oxygen atoms in total. The molecule has 0 atom stereocenters. The lowest BCUT2D eigenvalue weighted by atomic mass is 10.2. The van der Waals surface area contributed by atoms with Gasteiger partial charge in [-0.1, -0.05) is 43.6 Å². The number of nitro benzene ring substituents is 1. The highest BCUT2D eigenvalue weighted by Crippen LogP contribution is 2.35. The molecule has 1 rings (SSSR count). The molecule has 110 valence electrons. The SMILES string of the molecule is C=C(CNC(C)C)COc1cc(Cl)c(Cl)cc1[N+](=O)[O-]. The van der Waals surface area contributed by atoms with Gasteiger partial charge >= 0.3 is 5.69 Å². The summed E-state index contributed by atoms with van der Waals surface area (Å²) >= 11 is 11.6. The number of halogens is 2. The number of hydrogen-bond acceptors (Lipinski definition) is 4. The molecule has 0 aliphatic carbocycles. The average molecular weight is 319 g/mol. The van der Waals surface area contributed by atoms with Crippen LogP contribution in [0.25, 0.3) is 0 Å². The molecule has 0 aromatic heterocycles. The van der Waals surface area contributed by atoms with Gasteiger partial charge in [-0.25, -0.2) is 0 Å². The molecule has 0 saturated heterocycles. The van der Waals surface area contributed by atoms with Gasteiger partial charge in [0.15, 0.2) is 5.75 Å². The molecule has 0 spiro atoms. The van der Waals surface area contributed by atoms with E-state index in [2.05, 4.69) is 11.9 Å². The number of nitrogens with one attached hydrogen (secondary N) is 1. The molecule has 0 bridgehead atoms. The van der Waals surface area contributed by atoms with E-state index < -0.39 is 4.92 Å². The first-order valence-corrected chi connectivity index (χ1v) is 6.73. The second-order valence-electron chi connectivity index (χ2n) is 4.57. The number of rotatable bonds is 7. The summed E-state index contributed by atoms with van der Waals surface area (Å²) in [5.41, 5.74) is 0.558. The van der Waals surface area contributed by atoms with Crippen molar-refractivity contribution in [2.45, 2.75) is 19.9 Å². The van der Waals surface area contributed by atoms with Crippen molar-refractivity contribution in [2.75, 3.05) is 13.2 Å². The number of ether oxygens (including phenoxy) is 1. The fourth-order valence-corrected chi connectivity index (χ4v) is 1.67. The molecular formula is C13H16Cl2N2O3. The topological polar surface area (TPSA) is 64.4 Å². The van der Waals surface area contributed by atoms with Crippen LogP contribution in [0.2, 0.25) is 10.0 Å². The Morgan fingerprint density at radius 3 is 2.60 bits per heavy atom. The zero-order valence-electron chi connectivity index (χ0n) is 11.3. The minimum absolute atomic E-state index is 0.0788. The first-order chi connectivity index (χ1) is 9.31. The van der Waals surface area contributed by atoms with Crippen molar-refractivity contribution in [3.8, 4) is 5.75 Å². The molecule has 20 heavy (non-hydrogen) atoms. The van der Waals surface area contributed by atoms with Crippen LogP contribution in [0, 0.1) is 10.1 Å². The van der Waals surface area contributed by atoms with E-state index in [1.807, 2.05) is 13.8 Å². The van der Waals surface area contributed by atoms with Gasteiger partial charge < -0.3 is 10.1 Å². The molecule has 0 saturated carbocycles. The Labute approximate surface area is 127 Å². The second-order valence-corrected chi connectivity index (χ2v) is 5.38. The highest BCUT2D eigenvalue weighted by molar-refractivity contribution is 6.42. The van der Waals surface area contributed by atoms with Gasteiger partial charge in [-0.3, -0.25) is 10.1 Å². The van der Waals surface area contributed by atoms with Crippen LogP contribution in [0.15, 0.2) is 24.3 Å². The van der Waals surface area contributed by atoms with Crippen LogP contribution in [0.4, 0.5) is 5.69 Å². The van der Waals surface area contributed by atoms with Gasteiger partial charge in [0, 0.05) is 24.7 Å². The normalized spacial score (nSPS) is 10.7. The van der Waals surface area contributed by atoms with Gasteiger partial charge in [-0.2, -0.15) is 0 Å². The van der Waals surface area contributed by atoms with Crippen molar-refractivity contribution in [3.05, 3.63) is 44.4 Å². The van der Waals surface area contributed by atoms with Crippen molar-refractivity contribution in [3.63, 3.8) is 0 Å². The summed E-state index contributed by atoms with van der Waals surface area (Å²) < 4.78 is 5.40. The maximum atomic E-state index is 10.9. The van der Waals surface area contributed by atoms with E-state index in [9.17, 15) is 10.1 Å². The first-order valence-electron chi connectivity index (χ1n) is 5.97. The van der Waals surface area contributed by atoms with Crippen LogP contribution in [0.1, 0.15) is 13.8 Å². The monoisotopic (exact) mass is 318 g/mol. The molecule has 1 N–H and O–H groups in total. The summed E-state index contributed by atoms with van der Waals surface area (Å²) in [6.07, 6.45) is 0. The van der Waals surface area contributed by atoms with E-state index in [-0.39, 0.29) is 28.1 Å². The largest absolute Gasteiger partial charge is 0.482 e. The number of nitrogens with zero attached hydrogens (tertiary/aromatic N) is 1. The van der Waals surface area contributed by atoms with Crippen LogP contribution in [-0.4, -0.2) is 24.1 Å². The van der Waals surface area contributed by atoms with Crippen molar-refractivity contribution in [1.82, 2.24) is 5.32 Å². The fraction of sp³-hybridized carbons (Fsp3) is 0.385. The molecule has 0 fully saturated rings. The standard InChI is InChI=1S/C13H16Cl2N2O3/c1-8(2)16-6-9(3)7-20-13-5-11(15)10(14)4-12(13)17(18)19/h4-5,8,16H,3,6-7H2,1-2H3. The summed E-state index contributed by atoms with van der Waals surface area (Å²) in [6.45, 7) is 8.60. The Morgan fingerprint density at radius 2 is 2.05 bits per heavy atom. The molecular weight excluding hydrogens is 303 g/mol. The van der Waals surface area contributed by atoms with Crippen LogP contribution >= 0.6 is 23.2 Å². The molecule has 0 amide bonds. The summed E-state index contributed by atoms with van der Waals surface area (Å²) in [7, 11) is 0. The Morgan fingerprint density at radius 1 is 1.45 bits per heavy atom. The van der Waals surface area contributed by atoms with Crippen molar-refractivity contribution < 1.29 is 9.66 Å². The van der Waals surface area contributed by atoms with E-state index in [4.69, 9.17) is 27.9 Å². The van der Waals surface area contributed by atoms with E-state index in [0.717, 1.165) is 5.57 Å². The summed E-state index contributed by atoms with van der Waals surface area (Å²) in [4.78, 5) is 10.4. The lowest BCUT2D eigenvalue weighted by Crippen LogP contribution is -2.26. The van der Waals surface area contributed by atoms with Crippen LogP contribution in [-0.2, 0) is 0 Å². The van der Waals surface area contributed by atoms with E-state index in [1.165, 1.54) is 12.1 Å². The summed E-state index contributed by atoms with van der Waals surface area (Å²) in [5, 5.41) is 14.4. The molecule has 0 heterocycles. The minimum atomic E-state index is -0.563. The fourth-order valence-electron chi connectivity index (χ4n) is 1.36. The molecule has 0 aliphatic rings. The Hall–Kier alpha value is -1.30. The Kier molecular flexibility index (Phi) is 6.26. The zero-order valence-corrected chi connectivity index (χ0v) is 12.8. The molecule has 0 radical (unpaired) electrons.